The van der Waals surface area contributed by atoms with Gasteiger partial charge in [-0.05, 0) is 12.0 Å². The summed E-state index contributed by atoms with van der Waals surface area (Å²) in [5.41, 5.74) is 1.16. The highest BCUT2D eigenvalue weighted by molar-refractivity contribution is 5.13. The summed E-state index contributed by atoms with van der Waals surface area (Å²) in [6.07, 6.45) is 0.247. The van der Waals surface area contributed by atoms with E-state index in [0.717, 1.165) is 12.0 Å². The highest BCUT2D eigenvalue weighted by Crippen LogP contribution is 2.19. The monoisotopic (exact) mass is 208 g/mol. The lowest BCUT2D eigenvalue weighted by molar-refractivity contribution is -0.0972. The van der Waals surface area contributed by atoms with Crippen molar-refractivity contribution in [2.24, 2.45) is 5.92 Å². The highest BCUT2D eigenvalue weighted by Gasteiger charge is 2.25. The van der Waals surface area contributed by atoms with Gasteiger partial charge in [0.05, 0.1) is 19.8 Å². The van der Waals surface area contributed by atoms with Crippen LogP contribution in [-0.4, -0.2) is 24.6 Å². The van der Waals surface area contributed by atoms with Crippen molar-refractivity contribution in [1.82, 2.24) is 0 Å². The second-order valence-corrected chi connectivity index (χ2v) is 3.81. The summed E-state index contributed by atoms with van der Waals surface area (Å²) in [6.45, 7) is 1.81. The highest BCUT2D eigenvalue weighted by atomic mass is 16.6. The van der Waals surface area contributed by atoms with E-state index in [1.165, 1.54) is 0 Å². The van der Waals surface area contributed by atoms with Crippen molar-refractivity contribution in [1.29, 1.82) is 0 Å². The van der Waals surface area contributed by atoms with E-state index in [0.29, 0.717) is 19.8 Å². The average molecular weight is 208 g/mol. The minimum absolute atomic E-state index is 0.133. The van der Waals surface area contributed by atoms with Gasteiger partial charge < -0.3 is 14.6 Å². The number of aliphatic hydroxyl groups excluding tert-OH is 1. The second kappa shape index (κ2) is 5.26. The Balaban J connectivity index is 1.71. The van der Waals surface area contributed by atoms with Gasteiger partial charge in [0.25, 0.3) is 0 Å². The summed E-state index contributed by atoms with van der Waals surface area (Å²) in [5.74, 6) is 0.133. The number of hydrogen-bond acceptors (Lipinski definition) is 3. The molecule has 0 aromatic heterocycles. The van der Waals surface area contributed by atoms with E-state index >= 15 is 0 Å². The quantitative estimate of drug-likeness (QED) is 0.816. The lowest BCUT2D eigenvalue weighted by Gasteiger charge is -2.13. The average Bonchev–Trinajstić information content (AvgIpc) is 2.66. The fourth-order valence-corrected chi connectivity index (χ4v) is 1.69. The van der Waals surface area contributed by atoms with Crippen molar-refractivity contribution in [2.45, 2.75) is 19.3 Å². The van der Waals surface area contributed by atoms with Crippen molar-refractivity contribution < 1.29 is 14.6 Å². The van der Waals surface area contributed by atoms with Gasteiger partial charge in [-0.3, -0.25) is 0 Å². The molecule has 3 nitrogen and oxygen atoms in total. The van der Waals surface area contributed by atoms with Crippen molar-refractivity contribution in [2.75, 3.05) is 13.2 Å². The molecule has 1 aliphatic heterocycles. The number of rotatable bonds is 4. The van der Waals surface area contributed by atoms with Crippen molar-refractivity contribution in [3.63, 3.8) is 0 Å². The summed E-state index contributed by atoms with van der Waals surface area (Å²) in [6, 6.07) is 10.0. The van der Waals surface area contributed by atoms with Crippen LogP contribution < -0.4 is 0 Å². The van der Waals surface area contributed by atoms with Crippen LogP contribution in [0.4, 0.5) is 0 Å². The first-order valence-electron chi connectivity index (χ1n) is 5.27. The molecule has 15 heavy (non-hydrogen) atoms. The van der Waals surface area contributed by atoms with Crippen molar-refractivity contribution >= 4 is 0 Å². The maximum atomic E-state index is 9.38. The van der Waals surface area contributed by atoms with E-state index in [4.69, 9.17) is 9.47 Å². The Morgan fingerprint density at radius 3 is 2.80 bits per heavy atom. The maximum absolute atomic E-state index is 9.38. The Morgan fingerprint density at radius 1 is 1.33 bits per heavy atom. The van der Waals surface area contributed by atoms with Crippen LogP contribution >= 0.6 is 0 Å². The van der Waals surface area contributed by atoms with E-state index < -0.39 is 6.29 Å². The van der Waals surface area contributed by atoms with Crippen LogP contribution in [0.5, 0.6) is 0 Å². The van der Waals surface area contributed by atoms with Crippen LogP contribution in [0.25, 0.3) is 0 Å². The molecular weight excluding hydrogens is 192 g/mol. The molecule has 1 heterocycles. The van der Waals surface area contributed by atoms with Crippen LogP contribution in [-0.2, 0) is 16.1 Å². The molecule has 0 aliphatic carbocycles. The van der Waals surface area contributed by atoms with Gasteiger partial charge in [-0.2, -0.15) is 0 Å². The standard InChI is InChI=1S/C12H16O3/c13-12-11(6-7-15-12)9-14-8-10-4-2-1-3-5-10/h1-5,11-13H,6-9H2. The van der Waals surface area contributed by atoms with Gasteiger partial charge in [-0.25, -0.2) is 0 Å². The Bertz CT molecular complexity index is 286. The smallest absolute Gasteiger partial charge is 0.159 e. The van der Waals surface area contributed by atoms with Crippen LogP contribution in [0, 0.1) is 5.92 Å². The predicted octanol–water partition coefficient (Wildman–Crippen LogP) is 1.56. The van der Waals surface area contributed by atoms with Crippen molar-refractivity contribution in [3.05, 3.63) is 35.9 Å². The molecular formula is C12H16O3. The minimum Gasteiger partial charge on any atom is -0.376 e. The van der Waals surface area contributed by atoms with Gasteiger partial charge in [-0.1, -0.05) is 30.3 Å². The van der Waals surface area contributed by atoms with Crippen molar-refractivity contribution in [3.8, 4) is 0 Å². The number of aliphatic hydroxyl groups is 1. The fraction of sp³-hybridized carbons (Fsp3) is 0.500. The van der Waals surface area contributed by atoms with E-state index in [9.17, 15) is 5.11 Å². The molecule has 2 atom stereocenters. The third-order valence-corrected chi connectivity index (χ3v) is 2.62. The summed E-state index contributed by atoms with van der Waals surface area (Å²) in [4.78, 5) is 0. The molecule has 2 rings (SSSR count). The molecule has 1 aromatic carbocycles. The molecule has 2 unspecified atom stereocenters. The Morgan fingerprint density at radius 2 is 2.13 bits per heavy atom. The van der Waals surface area contributed by atoms with Gasteiger partial charge in [0.15, 0.2) is 6.29 Å². The topological polar surface area (TPSA) is 38.7 Å². The molecule has 1 saturated heterocycles. The largest absolute Gasteiger partial charge is 0.376 e. The molecule has 0 saturated carbocycles. The van der Waals surface area contributed by atoms with Gasteiger partial charge in [-0.15, -0.1) is 0 Å². The second-order valence-electron chi connectivity index (χ2n) is 3.81. The fourth-order valence-electron chi connectivity index (χ4n) is 1.69. The van der Waals surface area contributed by atoms with Gasteiger partial charge in [0, 0.05) is 5.92 Å². The van der Waals surface area contributed by atoms with Gasteiger partial charge in [0.1, 0.15) is 0 Å². The molecule has 0 bridgehead atoms. The third-order valence-electron chi connectivity index (χ3n) is 2.62. The molecule has 1 N–H and O–H groups in total. The molecule has 1 aromatic rings. The first kappa shape index (κ1) is 10.6. The maximum Gasteiger partial charge on any atom is 0.159 e. The van der Waals surface area contributed by atoms with E-state index in [1.54, 1.807) is 0 Å². The number of ether oxygens (including phenoxy) is 2. The summed E-state index contributed by atoms with van der Waals surface area (Å²) < 4.78 is 10.6. The Labute approximate surface area is 89.6 Å². The minimum atomic E-state index is -0.638. The zero-order chi connectivity index (χ0) is 10.5. The van der Waals surface area contributed by atoms with Crippen LogP contribution in [0.2, 0.25) is 0 Å². The lowest BCUT2D eigenvalue weighted by Crippen LogP contribution is -2.19. The van der Waals surface area contributed by atoms with E-state index in [2.05, 4.69) is 0 Å². The lowest BCUT2D eigenvalue weighted by atomic mass is 10.1. The van der Waals surface area contributed by atoms with Gasteiger partial charge >= 0.3 is 0 Å². The Hall–Kier alpha value is -0.900. The van der Waals surface area contributed by atoms with E-state index in [-0.39, 0.29) is 5.92 Å². The Kier molecular flexibility index (Phi) is 3.72. The number of benzene rings is 1. The van der Waals surface area contributed by atoms with Crippen LogP contribution in [0.3, 0.4) is 0 Å². The SMILES string of the molecule is OC1OCCC1COCc1ccccc1. The molecule has 0 spiro atoms. The molecule has 1 aliphatic rings. The van der Waals surface area contributed by atoms with Crippen LogP contribution in [0.15, 0.2) is 30.3 Å². The third kappa shape index (κ3) is 3.02. The first-order chi connectivity index (χ1) is 7.36. The van der Waals surface area contributed by atoms with Gasteiger partial charge in [0.2, 0.25) is 0 Å². The molecule has 0 radical (unpaired) electrons. The van der Waals surface area contributed by atoms with Crippen LogP contribution in [0.1, 0.15) is 12.0 Å². The molecule has 82 valence electrons. The normalized spacial score (nSPS) is 25.7. The molecule has 1 fully saturated rings. The first-order valence-corrected chi connectivity index (χ1v) is 5.27. The summed E-state index contributed by atoms with van der Waals surface area (Å²) in [5, 5.41) is 9.38. The predicted molar refractivity (Wildman–Crippen MR) is 56.2 cm³/mol. The van der Waals surface area contributed by atoms with E-state index in [1.807, 2.05) is 30.3 Å². The molecule has 3 heteroatoms. The number of hydrogen-bond donors (Lipinski definition) is 1. The molecule has 0 amide bonds. The zero-order valence-electron chi connectivity index (χ0n) is 8.63. The zero-order valence-corrected chi connectivity index (χ0v) is 8.63. The summed E-state index contributed by atoms with van der Waals surface area (Å²) >= 11 is 0. The summed E-state index contributed by atoms with van der Waals surface area (Å²) in [7, 11) is 0.